The van der Waals surface area contributed by atoms with E-state index in [1.54, 1.807) is 7.11 Å². The predicted octanol–water partition coefficient (Wildman–Crippen LogP) is 4.80. The van der Waals surface area contributed by atoms with Crippen molar-refractivity contribution >= 4 is 5.91 Å². The Bertz CT molecular complexity index is 686. The van der Waals surface area contributed by atoms with E-state index in [1.165, 1.54) is 12.0 Å². The number of methoxy groups -OCH3 is 1. The minimum atomic E-state index is -0.259. The molecule has 27 heavy (non-hydrogen) atoms. The van der Waals surface area contributed by atoms with Crippen molar-refractivity contribution in [1.29, 1.82) is 0 Å². The second-order valence-electron chi connectivity index (χ2n) is 9.20. The fraction of sp³-hybridized carbons (Fsp3) is 0.696. The lowest BCUT2D eigenvalue weighted by molar-refractivity contribution is -0.155. The van der Waals surface area contributed by atoms with Crippen LogP contribution in [0.2, 0.25) is 0 Å². The van der Waals surface area contributed by atoms with E-state index >= 15 is 0 Å². The van der Waals surface area contributed by atoms with Crippen molar-refractivity contribution in [2.45, 2.75) is 78.0 Å². The first-order chi connectivity index (χ1) is 12.7. The highest BCUT2D eigenvalue weighted by atomic mass is 16.5. The molecule has 4 nitrogen and oxygen atoms in total. The monoisotopic (exact) mass is 373 g/mol. The first-order valence-electron chi connectivity index (χ1n) is 10.4. The lowest BCUT2D eigenvalue weighted by Crippen LogP contribution is -2.61. The molecule has 1 N–H and O–H groups in total. The minimum absolute atomic E-state index is 0.0157. The number of nitrogens with one attached hydrogen (secondary N) is 1. The molecule has 1 aromatic carbocycles. The number of benzene rings is 1. The van der Waals surface area contributed by atoms with Gasteiger partial charge in [0.15, 0.2) is 0 Å². The summed E-state index contributed by atoms with van der Waals surface area (Å²) in [4.78, 5) is 12.6. The first kappa shape index (κ1) is 20.2. The Labute approximate surface area is 164 Å². The van der Waals surface area contributed by atoms with E-state index in [-0.39, 0.29) is 29.6 Å². The third kappa shape index (κ3) is 4.16. The quantitative estimate of drug-likeness (QED) is 0.824. The van der Waals surface area contributed by atoms with Gasteiger partial charge >= 0.3 is 0 Å². The molecule has 0 radical (unpaired) electrons. The molecule has 0 aromatic heterocycles. The van der Waals surface area contributed by atoms with Crippen molar-refractivity contribution < 1.29 is 14.3 Å². The maximum atomic E-state index is 12.6. The summed E-state index contributed by atoms with van der Waals surface area (Å²) in [7, 11) is 1.71. The molecular weight excluding hydrogens is 338 g/mol. The van der Waals surface area contributed by atoms with E-state index in [1.807, 2.05) is 13.8 Å². The summed E-state index contributed by atoms with van der Waals surface area (Å²) >= 11 is 0. The fourth-order valence-corrected chi connectivity index (χ4v) is 4.84. The standard InChI is InChI=1S/C23H35NO3/c1-14(2)22(25)24-23(5)13-21(17-9-7-15(3)11-19(17)26-6)27-20-12-16(4)8-10-18(20)23/h7,9,11,14,16,18,20-21H,8,10,12-13H2,1-6H3,(H,24,25)/t16-,18-,20-,21-,23+/m1/s1. The van der Waals surface area contributed by atoms with Gasteiger partial charge in [-0.3, -0.25) is 4.79 Å². The van der Waals surface area contributed by atoms with Gasteiger partial charge in [0.2, 0.25) is 5.91 Å². The van der Waals surface area contributed by atoms with E-state index in [0.717, 1.165) is 30.6 Å². The molecular formula is C23H35NO3. The third-order valence-corrected chi connectivity index (χ3v) is 6.49. The second kappa shape index (κ2) is 7.83. The molecule has 1 saturated carbocycles. The first-order valence-corrected chi connectivity index (χ1v) is 10.4. The summed E-state index contributed by atoms with van der Waals surface area (Å²) < 4.78 is 12.3. The molecule has 1 aliphatic heterocycles. The van der Waals surface area contributed by atoms with Crippen LogP contribution >= 0.6 is 0 Å². The van der Waals surface area contributed by atoms with Crippen LogP contribution in [0.25, 0.3) is 0 Å². The molecule has 1 saturated heterocycles. The van der Waals surface area contributed by atoms with Crippen molar-refractivity contribution in [3.8, 4) is 5.75 Å². The maximum absolute atomic E-state index is 12.6. The smallest absolute Gasteiger partial charge is 0.222 e. The minimum Gasteiger partial charge on any atom is -0.496 e. The Morgan fingerprint density at radius 2 is 2.07 bits per heavy atom. The van der Waals surface area contributed by atoms with Crippen LogP contribution in [0, 0.1) is 24.7 Å². The molecule has 2 fully saturated rings. The van der Waals surface area contributed by atoms with Crippen LogP contribution in [0.1, 0.15) is 70.6 Å². The normalized spacial score (nSPS) is 33.4. The number of amides is 1. The molecule has 0 unspecified atom stereocenters. The fourth-order valence-electron chi connectivity index (χ4n) is 4.84. The van der Waals surface area contributed by atoms with Gasteiger partial charge in [0.05, 0.1) is 19.3 Å². The summed E-state index contributed by atoms with van der Waals surface area (Å²) in [6.07, 6.45) is 4.26. The van der Waals surface area contributed by atoms with Crippen LogP contribution in [0.15, 0.2) is 18.2 Å². The molecule has 1 aliphatic carbocycles. The molecule has 3 rings (SSSR count). The van der Waals surface area contributed by atoms with Gasteiger partial charge < -0.3 is 14.8 Å². The average Bonchev–Trinajstić information content (AvgIpc) is 2.60. The highest BCUT2D eigenvalue weighted by Gasteiger charge is 2.50. The van der Waals surface area contributed by atoms with Crippen LogP contribution in [0.4, 0.5) is 0 Å². The molecule has 150 valence electrons. The van der Waals surface area contributed by atoms with Crippen LogP contribution < -0.4 is 10.1 Å². The SMILES string of the molecule is COc1cc(C)ccc1[C@H]1C[C@](C)(NC(=O)C(C)C)[C@@H]2CC[C@@H](C)C[C@H]2O1. The molecule has 5 atom stereocenters. The largest absolute Gasteiger partial charge is 0.496 e. The zero-order valence-corrected chi connectivity index (χ0v) is 17.7. The molecule has 4 heteroatoms. The Hall–Kier alpha value is -1.55. The lowest BCUT2D eigenvalue weighted by Gasteiger charge is -2.52. The van der Waals surface area contributed by atoms with Crippen molar-refractivity contribution in [2.75, 3.05) is 7.11 Å². The van der Waals surface area contributed by atoms with Gasteiger partial charge in [-0.05, 0) is 44.2 Å². The number of rotatable bonds is 4. The lowest BCUT2D eigenvalue weighted by atomic mass is 9.66. The number of hydrogen-bond acceptors (Lipinski definition) is 3. The van der Waals surface area contributed by atoms with Crippen LogP contribution in [-0.4, -0.2) is 24.7 Å². The molecule has 1 aromatic rings. The summed E-state index contributed by atoms with van der Waals surface area (Å²) in [5, 5.41) is 3.40. The van der Waals surface area contributed by atoms with E-state index in [0.29, 0.717) is 11.8 Å². The van der Waals surface area contributed by atoms with E-state index in [2.05, 4.69) is 44.3 Å². The molecule has 0 spiro atoms. The molecule has 2 aliphatic rings. The highest BCUT2D eigenvalue weighted by molar-refractivity contribution is 5.78. The molecule has 0 bridgehead atoms. The Morgan fingerprint density at radius 1 is 1.33 bits per heavy atom. The van der Waals surface area contributed by atoms with Crippen LogP contribution in [-0.2, 0) is 9.53 Å². The van der Waals surface area contributed by atoms with Crippen LogP contribution in [0.5, 0.6) is 5.75 Å². The van der Waals surface area contributed by atoms with E-state index in [4.69, 9.17) is 9.47 Å². The second-order valence-corrected chi connectivity index (χ2v) is 9.20. The van der Waals surface area contributed by atoms with Gasteiger partial charge in [-0.1, -0.05) is 39.3 Å². The molecule has 1 heterocycles. The number of aryl methyl sites for hydroxylation is 1. The van der Waals surface area contributed by atoms with Crippen LogP contribution in [0.3, 0.4) is 0 Å². The Kier molecular flexibility index (Phi) is 5.85. The van der Waals surface area contributed by atoms with Gasteiger partial charge in [0.25, 0.3) is 0 Å². The number of ether oxygens (including phenoxy) is 2. The number of carbonyl (C=O) groups is 1. The van der Waals surface area contributed by atoms with Gasteiger partial charge in [-0.2, -0.15) is 0 Å². The van der Waals surface area contributed by atoms with Crippen molar-refractivity contribution in [3.05, 3.63) is 29.3 Å². The topological polar surface area (TPSA) is 47.6 Å². The van der Waals surface area contributed by atoms with E-state index < -0.39 is 0 Å². The zero-order valence-electron chi connectivity index (χ0n) is 17.7. The predicted molar refractivity (Wildman–Crippen MR) is 108 cm³/mol. The van der Waals surface area contributed by atoms with Gasteiger partial charge in [0.1, 0.15) is 5.75 Å². The number of fused-ring (bicyclic) bond motifs is 1. The van der Waals surface area contributed by atoms with Gasteiger partial charge in [-0.15, -0.1) is 0 Å². The third-order valence-electron chi connectivity index (χ3n) is 6.49. The number of carbonyl (C=O) groups excluding carboxylic acids is 1. The van der Waals surface area contributed by atoms with Crippen molar-refractivity contribution in [2.24, 2.45) is 17.8 Å². The maximum Gasteiger partial charge on any atom is 0.222 e. The highest BCUT2D eigenvalue weighted by Crippen LogP contribution is 2.49. The van der Waals surface area contributed by atoms with E-state index in [9.17, 15) is 4.79 Å². The number of hydrogen-bond donors (Lipinski definition) is 1. The Morgan fingerprint density at radius 3 is 2.74 bits per heavy atom. The average molecular weight is 374 g/mol. The van der Waals surface area contributed by atoms with Crippen molar-refractivity contribution in [3.63, 3.8) is 0 Å². The summed E-state index contributed by atoms with van der Waals surface area (Å²) in [6.45, 7) is 10.5. The summed E-state index contributed by atoms with van der Waals surface area (Å²) in [6, 6.07) is 6.30. The summed E-state index contributed by atoms with van der Waals surface area (Å²) in [5.74, 6) is 2.02. The van der Waals surface area contributed by atoms with Gasteiger partial charge in [0, 0.05) is 29.4 Å². The van der Waals surface area contributed by atoms with Gasteiger partial charge in [-0.25, -0.2) is 0 Å². The molecule has 1 amide bonds. The van der Waals surface area contributed by atoms with Crippen molar-refractivity contribution in [1.82, 2.24) is 5.32 Å². The Balaban J connectivity index is 1.94. The zero-order chi connectivity index (χ0) is 19.8. The summed E-state index contributed by atoms with van der Waals surface area (Å²) in [5.41, 5.74) is 2.00.